The van der Waals surface area contributed by atoms with Gasteiger partial charge in [0.25, 0.3) is 5.91 Å². The van der Waals surface area contributed by atoms with Gasteiger partial charge in [0.15, 0.2) is 4.75 Å². The lowest BCUT2D eigenvalue weighted by Crippen LogP contribution is -2.43. The SMILES string of the molecule is CSCC1(C#N)Sc2ccccc2NC1=O. The summed E-state index contributed by atoms with van der Waals surface area (Å²) in [7, 11) is 0. The van der Waals surface area contributed by atoms with Crippen molar-refractivity contribution in [2.24, 2.45) is 0 Å². The van der Waals surface area contributed by atoms with Crippen LogP contribution in [0.4, 0.5) is 5.69 Å². The maximum absolute atomic E-state index is 11.9. The molecule has 1 N–H and O–H groups in total. The largest absolute Gasteiger partial charge is 0.323 e. The Morgan fingerprint density at radius 3 is 3.00 bits per heavy atom. The van der Waals surface area contributed by atoms with Crippen LogP contribution in [-0.4, -0.2) is 22.7 Å². The van der Waals surface area contributed by atoms with Crippen LogP contribution in [0.1, 0.15) is 0 Å². The number of para-hydroxylation sites is 1. The number of nitrogens with zero attached hydrogens (tertiary/aromatic N) is 1. The Morgan fingerprint density at radius 1 is 1.56 bits per heavy atom. The van der Waals surface area contributed by atoms with E-state index in [0.29, 0.717) is 5.75 Å². The number of carbonyl (C=O) groups excluding carboxylic acids is 1. The highest BCUT2D eigenvalue weighted by Gasteiger charge is 2.43. The number of benzene rings is 1. The van der Waals surface area contributed by atoms with E-state index in [2.05, 4.69) is 11.4 Å². The van der Waals surface area contributed by atoms with E-state index >= 15 is 0 Å². The van der Waals surface area contributed by atoms with Crippen LogP contribution in [0.2, 0.25) is 0 Å². The lowest BCUT2D eigenvalue weighted by molar-refractivity contribution is -0.116. The molecule has 0 radical (unpaired) electrons. The first kappa shape index (κ1) is 11.4. The van der Waals surface area contributed by atoms with Crippen molar-refractivity contribution in [1.82, 2.24) is 0 Å². The maximum atomic E-state index is 11.9. The topological polar surface area (TPSA) is 52.9 Å². The molecule has 0 spiro atoms. The Labute approximate surface area is 103 Å². The molecule has 2 rings (SSSR count). The normalized spacial score (nSPS) is 23.1. The van der Waals surface area contributed by atoms with Crippen molar-refractivity contribution in [2.45, 2.75) is 9.64 Å². The Balaban J connectivity index is 2.41. The van der Waals surface area contributed by atoms with Gasteiger partial charge in [0.1, 0.15) is 0 Å². The summed E-state index contributed by atoms with van der Waals surface area (Å²) in [5.74, 6) is 0.280. The minimum absolute atomic E-state index is 0.215. The monoisotopic (exact) mass is 250 g/mol. The summed E-state index contributed by atoms with van der Waals surface area (Å²) in [5, 5.41) is 12.0. The van der Waals surface area contributed by atoms with Gasteiger partial charge in [-0.15, -0.1) is 0 Å². The third kappa shape index (κ3) is 1.79. The summed E-state index contributed by atoms with van der Waals surface area (Å²) >= 11 is 2.85. The molecular weight excluding hydrogens is 240 g/mol. The highest BCUT2D eigenvalue weighted by Crippen LogP contribution is 2.43. The van der Waals surface area contributed by atoms with Crippen LogP contribution in [0.25, 0.3) is 0 Å². The van der Waals surface area contributed by atoms with E-state index < -0.39 is 4.75 Å². The second kappa shape index (κ2) is 4.40. The number of hydrogen-bond donors (Lipinski definition) is 1. The number of nitrogens with one attached hydrogen (secondary N) is 1. The van der Waals surface area contributed by atoms with Crippen LogP contribution >= 0.6 is 23.5 Å². The highest BCUT2D eigenvalue weighted by molar-refractivity contribution is 8.04. The Bertz CT molecular complexity index is 469. The number of amides is 1. The van der Waals surface area contributed by atoms with Crippen LogP contribution in [0, 0.1) is 11.3 Å². The number of anilines is 1. The molecule has 1 amide bonds. The zero-order chi connectivity index (χ0) is 11.6. The van der Waals surface area contributed by atoms with Gasteiger partial charge >= 0.3 is 0 Å². The second-order valence-electron chi connectivity index (χ2n) is 3.42. The molecule has 0 saturated heterocycles. The standard InChI is InChI=1S/C11H10N2OS2/c1-15-7-11(6-12)10(14)13-8-4-2-3-5-9(8)16-11/h2-5H,7H2,1H3,(H,13,14). The Morgan fingerprint density at radius 2 is 2.31 bits per heavy atom. The van der Waals surface area contributed by atoms with Crippen molar-refractivity contribution in [3.05, 3.63) is 24.3 Å². The van der Waals surface area contributed by atoms with Crippen molar-refractivity contribution >= 4 is 35.1 Å². The van der Waals surface area contributed by atoms with E-state index in [9.17, 15) is 10.1 Å². The van der Waals surface area contributed by atoms with Gasteiger partial charge < -0.3 is 5.32 Å². The smallest absolute Gasteiger partial charge is 0.256 e. The number of carbonyl (C=O) groups is 1. The molecule has 5 heteroatoms. The zero-order valence-corrected chi connectivity index (χ0v) is 10.3. The van der Waals surface area contributed by atoms with Crippen molar-refractivity contribution in [3.8, 4) is 6.07 Å². The van der Waals surface area contributed by atoms with Crippen molar-refractivity contribution in [3.63, 3.8) is 0 Å². The molecule has 82 valence electrons. The molecule has 0 aliphatic carbocycles. The molecular formula is C11H10N2OS2. The van der Waals surface area contributed by atoms with Gasteiger partial charge in [-0.05, 0) is 18.4 Å². The summed E-state index contributed by atoms with van der Waals surface area (Å²) < 4.78 is -0.992. The molecule has 0 aromatic heterocycles. The second-order valence-corrected chi connectivity index (χ2v) is 5.63. The van der Waals surface area contributed by atoms with E-state index in [1.54, 1.807) is 0 Å². The highest BCUT2D eigenvalue weighted by atomic mass is 32.2. The minimum Gasteiger partial charge on any atom is -0.323 e. The van der Waals surface area contributed by atoms with Gasteiger partial charge in [-0.25, -0.2) is 0 Å². The van der Waals surface area contributed by atoms with Crippen LogP contribution in [0.15, 0.2) is 29.2 Å². The predicted octanol–water partition coefficient (Wildman–Crippen LogP) is 2.36. The molecule has 1 heterocycles. The molecule has 3 nitrogen and oxygen atoms in total. The van der Waals surface area contributed by atoms with E-state index in [-0.39, 0.29) is 5.91 Å². The first-order valence-electron chi connectivity index (χ1n) is 4.71. The fourth-order valence-corrected chi connectivity index (χ4v) is 3.65. The van der Waals surface area contributed by atoms with E-state index in [1.807, 2.05) is 30.5 Å². The van der Waals surface area contributed by atoms with Crippen molar-refractivity contribution < 1.29 is 4.79 Å². The van der Waals surface area contributed by atoms with Crippen LogP contribution in [-0.2, 0) is 4.79 Å². The fraction of sp³-hybridized carbons (Fsp3) is 0.273. The van der Waals surface area contributed by atoms with Gasteiger partial charge in [-0.1, -0.05) is 23.9 Å². The summed E-state index contributed by atoms with van der Waals surface area (Å²) in [6, 6.07) is 9.69. The molecule has 1 aromatic rings. The van der Waals surface area contributed by atoms with Gasteiger partial charge in [0.05, 0.1) is 11.8 Å². The number of nitriles is 1. The molecule has 1 aliphatic rings. The number of rotatable bonds is 2. The molecule has 0 saturated carbocycles. The Kier molecular flexibility index (Phi) is 3.13. The lowest BCUT2D eigenvalue weighted by atomic mass is 10.1. The molecule has 1 atom stereocenters. The van der Waals surface area contributed by atoms with Gasteiger partial charge in [-0.3, -0.25) is 4.79 Å². The van der Waals surface area contributed by atoms with Gasteiger partial charge in [0, 0.05) is 10.6 Å². The molecule has 1 aliphatic heterocycles. The third-order valence-electron chi connectivity index (χ3n) is 2.31. The predicted molar refractivity (Wildman–Crippen MR) is 67.7 cm³/mol. The molecule has 0 fully saturated rings. The zero-order valence-electron chi connectivity index (χ0n) is 8.69. The fourth-order valence-electron chi connectivity index (χ4n) is 1.52. The summed E-state index contributed by atoms with van der Waals surface area (Å²) in [4.78, 5) is 12.9. The van der Waals surface area contributed by atoms with E-state index in [1.165, 1.54) is 23.5 Å². The van der Waals surface area contributed by atoms with Crippen molar-refractivity contribution in [1.29, 1.82) is 5.26 Å². The summed E-state index contributed by atoms with van der Waals surface area (Å²) in [6.07, 6.45) is 1.90. The third-order valence-corrected chi connectivity index (χ3v) is 4.56. The molecule has 1 aromatic carbocycles. The number of hydrogen-bond acceptors (Lipinski definition) is 4. The first-order valence-corrected chi connectivity index (χ1v) is 6.92. The quantitative estimate of drug-likeness (QED) is 0.875. The van der Waals surface area contributed by atoms with Crippen LogP contribution < -0.4 is 5.32 Å². The van der Waals surface area contributed by atoms with E-state index in [4.69, 9.17) is 0 Å². The van der Waals surface area contributed by atoms with Crippen molar-refractivity contribution in [2.75, 3.05) is 17.3 Å². The first-order chi connectivity index (χ1) is 7.72. The number of fused-ring (bicyclic) bond motifs is 1. The van der Waals surface area contributed by atoms with Gasteiger partial charge in [-0.2, -0.15) is 17.0 Å². The molecule has 1 unspecified atom stereocenters. The number of thioether (sulfide) groups is 2. The summed E-state index contributed by atoms with van der Waals surface area (Å²) in [6.45, 7) is 0. The Hall–Kier alpha value is -1.12. The molecule has 16 heavy (non-hydrogen) atoms. The van der Waals surface area contributed by atoms with Crippen LogP contribution in [0.5, 0.6) is 0 Å². The van der Waals surface area contributed by atoms with Gasteiger partial charge in [0.2, 0.25) is 0 Å². The molecule has 0 bridgehead atoms. The summed E-state index contributed by atoms with van der Waals surface area (Å²) in [5.41, 5.74) is 0.796. The van der Waals surface area contributed by atoms with Crippen LogP contribution in [0.3, 0.4) is 0 Å². The minimum atomic E-state index is -0.992. The van der Waals surface area contributed by atoms with E-state index in [0.717, 1.165) is 10.6 Å². The average molecular weight is 250 g/mol. The lowest BCUT2D eigenvalue weighted by Gasteiger charge is -2.29. The average Bonchev–Trinajstić information content (AvgIpc) is 2.30. The maximum Gasteiger partial charge on any atom is 0.256 e.